The van der Waals surface area contributed by atoms with E-state index in [1.54, 1.807) is 0 Å². The Morgan fingerprint density at radius 2 is 1.95 bits per heavy atom. The fraction of sp³-hybridized carbons (Fsp3) is 0.615. The van der Waals surface area contributed by atoms with Gasteiger partial charge >= 0.3 is 6.18 Å². The maximum atomic E-state index is 12.7. The van der Waals surface area contributed by atoms with Crippen LogP contribution in [0.3, 0.4) is 0 Å². The Labute approximate surface area is 117 Å². The van der Waals surface area contributed by atoms with Crippen LogP contribution in [0.1, 0.15) is 19.5 Å². The summed E-state index contributed by atoms with van der Waals surface area (Å²) in [5, 5.41) is 0. The smallest absolute Gasteiger partial charge is 0.396 e. The van der Waals surface area contributed by atoms with Gasteiger partial charge in [-0.2, -0.15) is 13.2 Å². The minimum absolute atomic E-state index is 0.0424. The van der Waals surface area contributed by atoms with Gasteiger partial charge < -0.3 is 15.5 Å². The van der Waals surface area contributed by atoms with Crippen molar-refractivity contribution in [3.8, 4) is 0 Å². The van der Waals surface area contributed by atoms with Crippen molar-refractivity contribution in [1.82, 2.24) is 9.88 Å². The molecule has 1 unspecified atom stereocenters. The van der Waals surface area contributed by atoms with Crippen molar-refractivity contribution < 1.29 is 13.2 Å². The second-order valence-electron chi connectivity index (χ2n) is 5.02. The van der Waals surface area contributed by atoms with Crippen LogP contribution >= 0.6 is 0 Å². The molecule has 7 heteroatoms. The predicted octanol–water partition coefficient (Wildman–Crippen LogP) is 2.46. The number of aromatic nitrogens is 1. The zero-order valence-electron chi connectivity index (χ0n) is 12.2. The van der Waals surface area contributed by atoms with E-state index in [1.165, 1.54) is 0 Å². The summed E-state index contributed by atoms with van der Waals surface area (Å²) in [5.74, 6) is 0. The second-order valence-corrected chi connectivity index (χ2v) is 5.02. The van der Waals surface area contributed by atoms with Crippen molar-refractivity contribution in [2.45, 2.75) is 26.1 Å². The first-order chi connectivity index (χ1) is 9.16. The molecule has 0 radical (unpaired) electrons. The van der Waals surface area contributed by atoms with E-state index in [4.69, 9.17) is 5.73 Å². The van der Waals surface area contributed by atoms with Crippen molar-refractivity contribution in [2.75, 3.05) is 37.8 Å². The molecular weight excluding hydrogens is 269 g/mol. The van der Waals surface area contributed by atoms with E-state index in [-0.39, 0.29) is 11.7 Å². The monoisotopic (exact) mass is 290 g/mol. The molecule has 4 nitrogen and oxygen atoms in total. The molecule has 0 bridgehead atoms. The van der Waals surface area contributed by atoms with Gasteiger partial charge in [-0.3, -0.25) is 0 Å². The molecule has 114 valence electrons. The average molecular weight is 290 g/mol. The summed E-state index contributed by atoms with van der Waals surface area (Å²) in [6.45, 7) is 5.13. The number of nitrogens with zero attached hydrogens (tertiary/aromatic N) is 3. The number of hydrogen-bond donors (Lipinski definition) is 1. The van der Waals surface area contributed by atoms with E-state index in [0.29, 0.717) is 12.2 Å². The summed E-state index contributed by atoms with van der Waals surface area (Å²) >= 11 is 0. The first kappa shape index (κ1) is 16.6. The van der Waals surface area contributed by atoms with Crippen molar-refractivity contribution in [3.63, 3.8) is 0 Å². The van der Waals surface area contributed by atoms with Gasteiger partial charge in [0.1, 0.15) is 5.69 Å². The molecule has 0 aromatic carbocycles. The van der Waals surface area contributed by atoms with Crippen LogP contribution in [0.5, 0.6) is 0 Å². The van der Waals surface area contributed by atoms with Crippen LogP contribution in [-0.4, -0.2) is 43.1 Å². The Morgan fingerprint density at radius 3 is 2.40 bits per heavy atom. The van der Waals surface area contributed by atoms with Gasteiger partial charge in [-0.15, -0.1) is 0 Å². The molecule has 0 aliphatic heterocycles. The zero-order chi connectivity index (χ0) is 15.5. The highest BCUT2D eigenvalue weighted by Crippen LogP contribution is 2.33. The Kier molecular flexibility index (Phi) is 5.21. The van der Waals surface area contributed by atoms with Crippen LogP contribution < -0.4 is 10.6 Å². The maximum Gasteiger partial charge on any atom is 0.433 e. The standard InChI is InChI=1S/C13H21F3N4/c1-5-20(9(2)8-19(3)4)11-6-12(13(14,15)16)18-7-10(11)17/h6-7,9H,5,8,17H2,1-4H3. The van der Waals surface area contributed by atoms with Crippen LogP contribution in [0.15, 0.2) is 12.3 Å². The van der Waals surface area contributed by atoms with E-state index >= 15 is 0 Å². The largest absolute Gasteiger partial charge is 0.433 e. The molecule has 0 fully saturated rings. The number of alkyl halides is 3. The molecule has 0 spiro atoms. The van der Waals surface area contributed by atoms with Crippen LogP contribution in [0, 0.1) is 0 Å². The fourth-order valence-electron chi connectivity index (χ4n) is 2.21. The summed E-state index contributed by atoms with van der Waals surface area (Å²) in [4.78, 5) is 7.20. The van der Waals surface area contributed by atoms with Gasteiger partial charge in [0.25, 0.3) is 0 Å². The molecule has 2 N–H and O–H groups in total. The van der Waals surface area contributed by atoms with Crippen molar-refractivity contribution in [3.05, 3.63) is 18.0 Å². The van der Waals surface area contributed by atoms with E-state index in [0.717, 1.165) is 18.8 Å². The van der Waals surface area contributed by atoms with E-state index in [1.807, 2.05) is 37.7 Å². The van der Waals surface area contributed by atoms with Crippen LogP contribution in [0.25, 0.3) is 0 Å². The lowest BCUT2D eigenvalue weighted by molar-refractivity contribution is -0.141. The molecule has 0 aliphatic carbocycles. The Bertz CT molecular complexity index is 446. The molecule has 1 aromatic rings. The number of likely N-dealkylation sites (N-methyl/N-ethyl adjacent to an activating group) is 2. The third kappa shape index (κ3) is 4.00. The molecule has 0 amide bonds. The number of rotatable bonds is 5. The van der Waals surface area contributed by atoms with Gasteiger partial charge in [0.2, 0.25) is 0 Å². The molecule has 0 saturated heterocycles. The van der Waals surface area contributed by atoms with Gasteiger partial charge in [-0.25, -0.2) is 4.98 Å². The van der Waals surface area contributed by atoms with Gasteiger partial charge in [-0.1, -0.05) is 0 Å². The van der Waals surface area contributed by atoms with E-state index in [9.17, 15) is 13.2 Å². The quantitative estimate of drug-likeness (QED) is 0.905. The van der Waals surface area contributed by atoms with Gasteiger partial charge in [0.15, 0.2) is 0 Å². The fourth-order valence-corrected chi connectivity index (χ4v) is 2.21. The average Bonchev–Trinajstić information content (AvgIpc) is 2.29. The van der Waals surface area contributed by atoms with Crippen molar-refractivity contribution >= 4 is 11.4 Å². The topological polar surface area (TPSA) is 45.4 Å². The number of anilines is 2. The van der Waals surface area contributed by atoms with Gasteiger partial charge in [0.05, 0.1) is 17.6 Å². The highest BCUT2D eigenvalue weighted by atomic mass is 19.4. The molecule has 20 heavy (non-hydrogen) atoms. The Hall–Kier alpha value is -1.50. The summed E-state index contributed by atoms with van der Waals surface area (Å²) < 4.78 is 38.2. The lowest BCUT2D eigenvalue weighted by atomic mass is 10.2. The number of nitrogens with two attached hydrogens (primary N) is 1. The number of hydrogen-bond acceptors (Lipinski definition) is 4. The highest BCUT2D eigenvalue weighted by molar-refractivity contribution is 5.67. The molecule has 1 atom stereocenters. The summed E-state index contributed by atoms with van der Waals surface area (Å²) in [7, 11) is 3.84. The van der Waals surface area contributed by atoms with Crippen molar-refractivity contribution in [1.29, 1.82) is 0 Å². The summed E-state index contributed by atoms with van der Waals surface area (Å²) in [6.07, 6.45) is -3.39. The van der Waals surface area contributed by atoms with Crippen LogP contribution in [0.4, 0.5) is 24.5 Å². The van der Waals surface area contributed by atoms with E-state index in [2.05, 4.69) is 4.98 Å². The van der Waals surface area contributed by atoms with E-state index < -0.39 is 11.9 Å². The minimum atomic E-state index is -4.47. The lowest BCUT2D eigenvalue weighted by Gasteiger charge is -2.33. The van der Waals surface area contributed by atoms with Gasteiger partial charge in [-0.05, 0) is 34.0 Å². The molecular formula is C13H21F3N4. The predicted molar refractivity (Wildman–Crippen MR) is 74.7 cm³/mol. The summed E-state index contributed by atoms with van der Waals surface area (Å²) in [6, 6.07) is 1.06. The van der Waals surface area contributed by atoms with Crippen LogP contribution in [-0.2, 0) is 6.18 Å². The summed E-state index contributed by atoms with van der Waals surface area (Å²) in [5.41, 5.74) is 5.51. The normalized spacial score (nSPS) is 13.6. The molecule has 0 saturated carbocycles. The third-order valence-corrected chi connectivity index (χ3v) is 3.01. The minimum Gasteiger partial charge on any atom is -0.396 e. The SMILES string of the molecule is CCN(c1cc(C(F)(F)F)ncc1N)C(C)CN(C)C. The number of nitrogen functional groups attached to an aromatic ring is 1. The molecule has 1 rings (SSSR count). The Morgan fingerprint density at radius 1 is 1.35 bits per heavy atom. The number of halogens is 3. The van der Waals surface area contributed by atoms with Crippen LogP contribution in [0.2, 0.25) is 0 Å². The number of pyridine rings is 1. The molecule has 1 heterocycles. The maximum absolute atomic E-state index is 12.7. The second kappa shape index (κ2) is 6.30. The first-order valence-corrected chi connectivity index (χ1v) is 6.40. The molecule has 0 aliphatic rings. The van der Waals surface area contributed by atoms with Crippen molar-refractivity contribution in [2.24, 2.45) is 0 Å². The Balaban J connectivity index is 3.14. The third-order valence-electron chi connectivity index (χ3n) is 3.01. The van der Waals surface area contributed by atoms with Gasteiger partial charge in [0, 0.05) is 19.1 Å². The first-order valence-electron chi connectivity index (χ1n) is 6.40. The zero-order valence-corrected chi connectivity index (χ0v) is 12.2. The molecule has 1 aromatic heterocycles. The lowest BCUT2D eigenvalue weighted by Crippen LogP contribution is -2.40. The highest BCUT2D eigenvalue weighted by Gasteiger charge is 2.33.